The molecule has 0 amide bonds. The van der Waals surface area contributed by atoms with Crippen LogP contribution >= 0.6 is 11.3 Å². The van der Waals surface area contributed by atoms with Crippen LogP contribution in [0.1, 0.15) is 41.6 Å². The lowest BCUT2D eigenvalue weighted by Crippen LogP contribution is -2.31. The fraction of sp³-hybridized carbons (Fsp3) is 0.412. The summed E-state index contributed by atoms with van der Waals surface area (Å²) in [5.74, 6) is -0.175. The van der Waals surface area contributed by atoms with Gasteiger partial charge in [0.2, 0.25) is 0 Å². The minimum Gasteiger partial charge on any atom is -0.307 e. The van der Waals surface area contributed by atoms with E-state index >= 15 is 0 Å². The predicted octanol–water partition coefficient (Wildman–Crippen LogP) is 4.87. The van der Waals surface area contributed by atoms with Crippen molar-refractivity contribution in [1.29, 1.82) is 0 Å². The summed E-state index contributed by atoms with van der Waals surface area (Å²) in [5, 5.41) is 3.64. The Hall–Kier alpha value is -1.19. The minimum atomic E-state index is -0.175. The van der Waals surface area contributed by atoms with E-state index in [2.05, 4.69) is 38.2 Å². The first kappa shape index (κ1) is 15.2. The number of hydrogen-bond donors (Lipinski definition) is 1. The third-order valence-corrected chi connectivity index (χ3v) is 4.49. The van der Waals surface area contributed by atoms with Crippen LogP contribution in [0.4, 0.5) is 4.39 Å². The first-order valence-electron chi connectivity index (χ1n) is 7.15. The number of aryl methyl sites for hydroxylation is 1. The molecule has 1 nitrogen and oxygen atoms in total. The van der Waals surface area contributed by atoms with Crippen molar-refractivity contribution in [2.45, 2.75) is 45.7 Å². The Bertz CT molecular complexity index is 532. The van der Waals surface area contributed by atoms with Gasteiger partial charge in [0, 0.05) is 21.8 Å². The maximum Gasteiger partial charge on any atom is 0.123 e. The second-order valence-electron chi connectivity index (χ2n) is 5.30. The van der Waals surface area contributed by atoms with Crippen molar-refractivity contribution in [3.05, 3.63) is 57.5 Å². The summed E-state index contributed by atoms with van der Waals surface area (Å²) < 4.78 is 13.0. The molecule has 0 aliphatic carbocycles. The van der Waals surface area contributed by atoms with E-state index in [1.54, 1.807) is 0 Å². The van der Waals surface area contributed by atoms with Crippen LogP contribution in [0.5, 0.6) is 0 Å². The molecule has 2 unspecified atom stereocenters. The smallest absolute Gasteiger partial charge is 0.123 e. The van der Waals surface area contributed by atoms with E-state index in [9.17, 15) is 4.39 Å². The summed E-state index contributed by atoms with van der Waals surface area (Å²) in [6, 6.07) is 11.9. The number of benzene rings is 1. The molecule has 0 aliphatic heterocycles. The number of nitrogens with one attached hydrogen (secondary N) is 1. The summed E-state index contributed by atoms with van der Waals surface area (Å²) in [6.07, 6.45) is 2.04. The van der Waals surface area contributed by atoms with Gasteiger partial charge in [-0.05, 0) is 56.5 Å². The van der Waals surface area contributed by atoms with Gasteiger partial charge in [0.05, 0.1) is 0 Å². The SMILES string of the molecule is CCC(NC(C)Cc1ccc(C)s1)c1ccc(F)cc1. The van der Waals surface area contributed by atoms with Crippen LogP contribution in [0.15, 0.2) is 36.4 Å². The lowest BCUT2D eigenvalue weighted by Gasteiger charge is -2.22. The van der Waals surface area contributed by atoms with E-state index in [0.29, 0.717) is 6.04 Å². The summed E-state index contributed by atoms with van der Waals surface area (Å²) in [4.78, 5) is 2.77. The van der Waals surface area contributed by atoms with Gasteiger partial charge in [-0.1, -0.05) is 19.1 Å². The van der Waals surface area contributed by atoms with Gasteiger partial charge < -0.3 is 5.32 Å². The third-order valence-electron chi connectivity index (χ3n) is 3.47. The Morgan fingerprint density at radius 2 is 1.85 bits per heavy atom. The quantitative estimate of drug-likeness (QED) is 0.801. The van der Waals surface area contributed by atoms with Crippen molar-refractivity contribution in [2.75, 3.05) is 0 Å². The van der Waals surface area contributed by atoms with Gasteiger partial charge in [-0.15, -0.1) is 11.3 Å². The number of hydrogen-bond acceptors (Lipinski definition) is 2. The summed E-state index contributed by atoms with van der Waals surface area (Å²) in [7, 11) is 0. The standard InChI is InChI=1S/C17H22FNS/c1-4-17(14-6-8-15(18)9-7-14)19-12(2)11-16-10-5-13(3)20-16/h5-10,12,17,19H,4,11H2,1-3H3. The molecule has 0 spiro atoms. The van der Waals surface area contributed by atoms with E-state index in [-0.39, 0.29) is 11.9 Å². The van der Waals surface area contributed by atoms with E-state index in [1.807, 2.05) is 23.5 Å². The Balaban J connectivity index is 1.97. The molecule has 2 atom stereocenters. The third kappa shape index (κ3) is 4.15. The summed E-state index contributed by atoms with van der Waals surface area (Å²) in [5.41, 5.74) is 1.16. The van der Waals surface area contributed by atoms with Crippen LogP contribution in [0, 0.1) is 12.7 Å². The van der Waals surface area contributed by atoms with Crippen molar-refractivity contribution >= 4 is 11.3 Å². The van der Waals surface area contributed by atoms with Gasteiger partial charge in [-0.3, -0.25) is 0 Å². The van der Waals surface area contributed by atoms with Crippen LogP contribution in [0.25, 0.3) is 0 Å². The lowest BCUT2D eigenvalue weighted by atomic mass is 10.0. The van der Waals surface area contributed by atoms with Gasteiger partial charge in [-0.2, -0.15) is 0 Å². The zero-order valence-electron chi connectivity index (χ0n) is 12.3. The number of halogens is 1. The van der Waals surface area contributed by atoms with Crippen LogP contribution in [-0.2, 0) is 6.42 Å². The van der Waals surface area contributed by atoms with Crippen molar-refractivity contribution in [1.82, 2.24) is 5.32 Å². The second-order valence-corrected chi connectivity index (χ2v) is 6.67. The second kappa shape index (κ2) is 7.00. The van der Waals surface area contributed by atoms with Crippen molar-refractivity contribution < 1.29 is 4.39 Å². The van der Waals surface area contributed by atoms with E-state index in [4.69, 9.17) is 0 Å². The molecule has 0 fully saturated rings. The first-order valence-corrected chi connectivity index (χ1v) is 7.97. The highest BCUT2D eigenvalue weighted by Gasteiger charge is 2.13. The molecule has 2 aromatic rings. The van der Waals surface area contributed by atoms with E-state index < -0.39 is 0 Å². The highest BCUT2D eigenvalue weighted by molar-refractivity contribution is 7.11. The zero-order chi connectivity index (χ0) is 14.5. The molecule has 1 N–H and O–H groups in total. The molecule has 0 saturated carbocycles. The molecule has 2 rings (SSSR count). The molecule has 1 aromatic heterocycles. The van der Waals surface area contributed by atoms with Crippen molar-refractivity contribution in [3.63, 3.8) is 0 Å². The van der Waals surface area contributed by atoms with Crippen LogP contribution in [-0.4, -0.2) is 6.04 Å². The Morgan fingerprint density at radius 1 is 1.15 bits per heavy atom. The summed E-state index contributed by atoms with van der Waals surface area (Å²) in [6.45, 7) is 6.50. The molecular weight excluding hydrogens is 269 g/mol. The average molecular weight is 291 g/mol. The number of rotatable bonds is 6. The van der Waals surface area contributed by atoms with Gasteiger partial charge in [0.15, 0.2) is 0 Å². The highest BCUT2D eigenvalue weighted by Crippen LogP contribution is 2.20. The van der Waals surface area contributed by atoms with Crippen LogP contribution < -0.4 is 5.32 Å². The normalized spacial score (nSPS) is 14.2. The first-order chi connectivity index (χ1) is 9.58. The molecule has 0 aliphatic rings. The molecule has 1 heterocycles. The fourth-order valence-corrected chi connectivity index (χ4v) is 3.46. The monoisotopic (exact) mass is 291 g/mol. The highest BCUT2D eigenvalue weighted by atomic mass is 32.1. The Labute approximate surface area is 124 Å². The van der Waals surface area contributed by atoms with Gasteiger partial charge in [-0.25, -0.2) is 4.39 Å². The zero-order valence-corrected chi connectivity index (χ0v) is 13.1. The largest absolute Gasteiger partial charge is 0.307 e. The topological polar surface area (TPSA) is 12.0 Å². The molecule has 1 aromatic carbocycles. The van der Waals surface area contributed by atoms with Crippen LogP contribution in [0.3, 0.4) is 0 Å². The minimum absolute atomic E-state index is 0.175. The molecule has 3 heteroatoms. The summed E-state index contributed by atoms with van der Waals surface area (Å²) >= 11 is 1.86. The van der Waals surface area contributed by atoms with Gasteiger partial charge in [0.25, 0.3) is 0 Å². The molecule has 0 radical (unpaired) electrons. The lowest BCUT2D eigenvalue weighted by molar-refractivity contribution is 0.444. The van der Waals surface area contributed by atoms with Crippen molar-refractivity contribution in [2.24, 2.45) is 0 Å². The van der Waals surface area contributed by atoms with E-state index in [1.165, 1.54) is 21.9 Å². The molecular formula is C17H22FNS. The Kier molecular flexibility index (Phi) is 5.32. The molecule has 0 saturated heterocycles. The maximum absolute atomic E-state index is 13.0. The Morgan fingerprint density at radius 3 is 2.40 bits per heavy atom. The molecule has 20 heavy (non-hydrogen) atoms. The van der Waals surface area contributed by atoms with Crippen molar-refractivity contribution in [3.8, 4) is 0 Å². The fourth-order valence-electron chi connectivity index (χ4n) is 2.44. The molecule has 108 valence electrons. The maximum atomic E-state index is 13.0. The van der Waals surface area contributed by atoms with Crippen LogP contribution in [0.2, 0.25) is 0 Å². The van der Waals surface area contributed by atoms with Gasteiger partial charge >= 0.3 is 0 Å². The van der Waals surface area contributed by atoms with E-state index in [0.717, 1.165) is 18.4 Å². The van der Waals surface area contributed by atoms with Gasteiger partial charge in [0.1, 0.15) is 5.82 Å². The molecule has 0 bridgehead atoms. The average Bonchev–Trinajstić information content (AvgIpc) is 2.82. The number of thiophene rings is 1. The predicted molar refractivity (Wildman–Crippen MR) is 84.8 cm³/mol.